The molecule has 1 aliphatic carbocycles. The second-order valence-electron chi connectivity index (χ2n) is 6.52. The van der Waals surface area contributed by atoms with E-state index in [-0.39, 0.29) is 17.2 Å². The zero-order chi connectivity index (χ0) is 14.8. The van der Waals surface area contributed by atoms with E-state index in [1.807, 2.05) is 12.1 Å². The number of carbonyl (C=O) groups is 1. The highest BCUT2D eigenvalue weighted by Crippen LogP contribution is 2.28. The van der Waals surface area contributed by atoms with Crippen LogP contribution in [0.5, 0.6) is 0 Å². The molecule has 1 fully saturated rings. The molecule has 1 saturated carbocycles. The standard InChI is InChI=1S/C17H25NO2/c1-12-7-4-5-9-14(12)17(2,3)11-18-16(20)13-8-6-10-15(13)19/h4-5,7,9,13,15,19H,6,8,10-11H2,1-3H3,(H,18,20). The summed E-state index contributed by atoms with van der Waals surface area (Å²) in [6.45, 7) is 6.97. The highest BCUT2D eigenvalue weighted by atomic mass is 16.3. The molecule has 2 rings (SSSR count). The number of rotatable bonds is 4. The molecule has 0 bridgehead atoms. The topological polar surface area (TPSA) is 49.3 Å². The molecule has 0 spiro atoms. The van der Waals surface area contributed by atoms with Crippen molar-refractivity contribution in [3.05, 3.63) is 35.4 Å². The molecule has 1 amide bonds. The molecule has 0 radical (unpaired) electrons. The summed E-state index contributed by atoms with van der Waals surface area (Å²) < 4.78 is 0. The third-order valence-electron chi connectivity index (χ3n) is 4.40. The first-order valence-electron chi connectivity index (χ1n) is 7.44. The van der Waals surface area contributed by atoms with E-state index in [0.29, 0.717) is 6.54 Å². The Labute approximate surface area is 121 Å². The largest absolute Gasteiger partial charge is 0.392 e. The molecule has 1 aromatic rings. The fraction of sp³-hybridized carbons (Fsp3) is 0.588. The fourth-order valence-electron chi connectivity index (χ4n) is 3.11. The molecule has 1 aliphatic rings. The third kappa shape index (κ3) is 3.21. The highest BCUT2D eigenvalue weighted by Gasteiger charge is 2.32. The lowest BCUT2D eigenvalue weighted by atomic mass is 9.82. The zero-order valence-electron chi connectivity index (χ0n) is 12.6. The van der Waals surface area contributed by atoms with Crippen LogP contribution < -0.4 is 5.32 Å². The van der Waals surface area contributed by atoms with Crippen molar-refractivity contribution in [3.63, 3.8) is 0 Å². The molecule has 1 aromatic carbocycles. The van der Waals surface area contributed by atoms with Crippen LogP contribution in [0.15, 0.2) is 24.3 Å². The number of aryl methyl sites for hydroxylation is 1. The summed E-state index contributed by atoms with van der Waals surface area (Å²) in [5.41, 5.74) is 2.39. The number of aliphatic hydroxyl groups excluding tert-OH is 1. The number of hydrogen-bond acceptors (Lipinski definition) is 2. The van der Waals surface area contributed by atoms with E-state index in [0.717, 1.165) is 19.3 Å². The van der Waals surface area contributed by atoms with Crippen LogP contribution >= 0.6 is 0 Å². The average Bonchev–Trinajstić information content (AvgIpc) is 2.83. The molecule has 0 aromatic heterocycles. The highest BCUT2D eigenvalue weighted by molar-refractivity contribution is 5.79. The first-order valence-corrected chi connectivity index (χ1v) is 7.44. The number of nitrogens with one attached hydrogen (secondary N) is 1. The molecular weight excluding hydrogens is 250 g/mol. The van der Waals surface area contributed by atoms with Crippen molar-refractivity contribution >= 4 is 5.91 Å². The predicted molar refractivity (Wildman–Crippen MR) is 80.6 cm³/mol. The predicted octanol–water partition coefficient (Wildman–Crippen LogP) is 2.55. The van der Waals surface area contributed by atoms with E-state index < -0.39 is 6.10 Å². The monoisotopic (exact) mass is 275 g/mol. The van der Waals surface area contributed by atoms with Crippen LogP contribution in [0.25, 0.3) is 0 Å². The molecule has 3 heteroatoms. The van der Waals surface area contributed by atoms with Crippen LogP contribution in [0.4, 0.5) is 0 Å². The van der Waals surface area contributed by atoms with Gasteiger partial charge < -0.3 is 10.4 Å². The maximum atomic E-state index is 12.1. The Morgan fingerprint density at radius 3 is 2.65 bits per heavy atom. The number of hydrogen-bond donors (Lipinski definition) is 2. The number of carbonyl (C=O) groups excluding carboxylic acids is 1. The molecular formula is C17H25NO2. The normalized spacial score (nSPS) is 22.8. The van der Waals surface area contributed by atoms with E-state index in [2.05, 4.69) is 38.2 Å². The molecule has 0 aliphatic heterocycles. The van der Waals surface area contributed by atoms with E-state index in [4.69, 9.17) is 0 Å². The van der Waals surface area contributed by atoms with E-state index in [9.17, 15) is 9.90 Å². The Kier molecular flexibility index (Phi) is 4.48. The van der Waals surface area contributed by atoms with Crippen molar-refractivity contribution in [2.24, 2.45) is 5.92 Å². The van der Waals surface area contributed by atoms with E-state index in [1.54, 1.807) is 0 Å². The molecule has 20 heavy (non-hydrogen) atoms. The molecule has 3 nitrogen and oxygen atoms in total. The summed E-state index contributed by atoms with van der Waals surface area (Å²) in [5, 5.41) is 12.8. The summed E-state index contributed by atoms with van der Waals surface area (Å²) in [5.74, 6) is -0.223. The van der Waals surface area contributed by atoms with Crippen LogP contribution in [0.1, 0.15) is 44.2 Å². The fourth-order valence-corrected chi connectivity index (χ4v) is 3.11. The lowest BCUT2D eigenvalue weighted by Gasteiger charge is -2.28. The van der Waals surface area contributed by atoms with Crippen LogP contribution in [0.3, 0.4) is 0 Å². The van der Waals surface area contributed by atoms with Crippen molar-refractivity contribution in [1.82, 2.24) is 5.32 Å². The van der Waals surface area contributed by atoms with Gasteiger partial charge in [0, 0.05) is 12.0 Å². The first-order chi connectivity index (χ1) is 9.42. The van der Waals surface area contributed by atoms with E-state index >= 15 is 0 Å². The van der Waals surface area contributed by atoms with Crippen LogP contribution in [0.2, 0.25) is 0 Å². The van der Waals surface area contributed by atoms with Crippen molar-refractivity contribution in [3.8, 4) is 0 Å². The minimum Gasteiger partial charge on any atom is -0.392 e. The van der Waals surface area contributed by atoms with Gasteiger partial charge in [-0.15, -0.1) is 0 Å². The van der Waals surface area contributed by atoms with Gasteiger partial charge in [-0.1, -0.05) is 38.1 Å². The summed E-state index contributed by atoms with van der Waals surface area (Å²) >= 11 is 0. The molecule has 2 atom stereocenters. The second-order valence-corrected chi connectivity index (χ2v) is 6.52. The summed E-state index contributed by atoms with van der Waals surface area (Å²) in [6.07, 6.45) is 2.04. The van der Waals surface area contributed by atoms with Gasteiger partial charge in [-0.3, -0.25) is 4.79 Å². The third-order valence-corrected chi connectivity index (χ3v) is 4.40. The van der Waals surface area contributed by atoms with Gasteiger partial charge in [0.2, 0.25) is 5.91 Å². The van der Waals surface area contributed by atoms with Gasteiger partial charge in [-0.25, -0.2) is 0 Å². The van der Waals surface area contributed by atoms with Crippen LogP contribution in [-0.4, -0.2) is 23.7 Å². The van der Waals surface area contributed by atoms with Gasteiger partial charge in [0.25, 0.3) is 0 Å². The van der Waals surface area contributed by atoms with Gasteiger partial charge in [-0.2, -0.15) is 0 Å². The van der Waals surface area contributed by atoms with Crippen LogP contribution in [0, 0.1) is 12.8 Å². The molecule has 2 unspecified atom stereocenters. The number of benzene rings is 1. The van der Waals surface area contributed by atoms with Gasteiger partial charge in [0.1, 0.15) is 0 Å². The number of aliphatic hydroxyl groups is 1. The van der Waals surface area contributed by atoms with Crippen LogP contribution in [-0.2, 0) is 10.2 Å². The van der Waals surface area contributed by atoms with Gasteiger partial charge in [0.05, 0.1) is 12.0 Å². The SMILES string of the molecule is Cc1ccccc1C(C)(C)CNC(=O)C1CCCC1O. The summed E-state index contributed by atoms with van der Waals surface area (Å²) in [6, 6.07) is 8.28. The smallest absolute Gasteiger partial charge is 0.225 e. The Hall–Kier alpha value is -1.35. The minimum absolute atomic E-state index is 0.00309. The summed E-state index contributed by atoms with van der Waals surface area (Å²) in [7, 11) is 0. The Balaban J connectivity index is 1.99. The minimum atomic E-state index is -0.462. The quantitative estimate of drug-likeness (QED) is 0.887. The molecule has 110 valence electrons. The molecule has 0 saturated heterocycles. The van der Waals surface area contributed by atoms with Gasteiger partial charge in [0.15, 0.2) is 0 Å². The average molecular weight is 275 g/mol. The maximum absolute atomic E-state index is 12.1. The van der Waals surface area contributed by atoms with Crippen molar-refractivity contribution in [2.75, 3.05) is 6.54 Å². The first kappa shape index (κ1) is 15.0. The lowest BCUT2D eigenvalue weighted by Crippen LogP contribution is -2.41. The van der Waals surface area contributed by atoms with Gasteiger partial charge >= 0.3 is 0 Å². The molecule has 0 heterocycles. The summed E-state index contributed by atoms with van der Waals surface area (Å²) in [4.78, 5) is 12.1. The number of amides is 1. The van der Waals surface area contributed by atoms with Gasteiger partial charge in [-0.05, 0) is 37.3 Å². The second kappa shape index (κ2) is 5.96. The maximum Gasteiger partial charge on any atom is 0.225 e. The Morgan fingerprint density at radius 2 is 2.05 bits per heavy atom. The van der Waals surface area contributed by atoms with E-state index in [1.165, 1.54) is 11.1 Å². The van der Waals surface area contributed by atoms with Crippen molar-refractivity contribution < 1.29 is 9.90 Å². The van der Waals surface area contributed by atoms with Crippen molar-refractivity contribution in [1.29, 1.82) is 0 Å². The zero-order valence-corrected chi connectivity index (χ0v) is 12.6. The lowest BCUT2D eigenvalue weighted by molar-refractivity contribution is -0.127. The Morgan fingerprint density at radius 1 is 1.35 bits per heavy atom. The molecule has 2 N–H and O–H groups in total. The van der Waals surface area contributed by atoms with Crippen molar-refractivity contribution in [2.45, 2.75) is 51.6 Å². The Bertz CT molecular complexity index is 482.